The Morgan fingerprint density at radius 2 is 2.45 bits per heavy atom. The minimum Gasteiger partial charge on any atom is -0.304 e. The van der Waals surface area contributed by atoms with Crippen LogP contribution in [0.25, 0.3) is 11.0 Å². The van der Waals surface area contributed by atoms with Crippen LogP contribution in [0.1, 0.15) is 0 Å². The summed E-state index contributed by atoms with van der Waals surface area (Å²) in [7, 11) is 0. The molecule has 2 aromatic rings. The lowest BCUT2D eigenvalue weighted by Gasteiger charge is -1.86. The first kappa shape index (κ1) is 6.42. The number of fused-ring (bicyclic) bond motifs is 1. The maximum atomic E-state index is 10.9. The average Bonchev–Trinajstić information content (AvgIpc) is 2.30. The lowest BCUT2D eigenvalue weighted by Crippen LogP contribution is -2.07. The van der Waals surface area contributed by atoms with Crippen LogP contribution in [0.2, 0.25) is 0 Å². The topological polar surface area (TPSA) is 50.7 Å². The third kappa shape index (κ3) is 0.832. The van der Waals surface area contributed by atoms with E-state index in [9.17, 15) is 4.79 Å². The molecule has 0 aliphatic rings. The second-order valence-electron chi connectivity index (χ2n) is 2.10. The molecule has 0 amide bonds. The molecule has 0 unspecified atom stereocenters. The molecule has 11 heavy (non-hydrogen) atoms. The highest BCUT2D eigenvalue weighted by molar-refractivity contribution is 6.18. The maximum Gasteiger partial charge on any atom is 0.341 e. The first-order valence-corrected chi connectivity index (χ1v) is 3.34. The van der Waals surface area contributed by atoms with Gasteiger partial charge in [-0.05, 0) is 6.07 Å². The molecule has 1 N–H and O–H groups in total. The third-order valence-corrected chi connectivity index (χ3v) is 1.77. The summed E-state index contributed by atoms with van der Waals surface area (Å²) in [6, 6.07) is 1.69. The lowest BCUT2D eigenvalue weighted by molar-refractivity contribution is 1.13. The number of aromatic nitrogens is 3. The predicted octanol–water partition coefficient (Wildman–Crippen LogP) is 0.726. The van der Waals surface area contributed by atoms with Gasteiger partial charge in [0.1, 0.15) is 5.52 Å². The zero-order valence-electron chi connectivity index (χ0n) is 5.41. The van der Waals surface area contributed by atoms with Gasteiger partial charge in [0.15, 0.2) is 0 Å². The van der Waals surface area contributed by atoms with E-state index in [4.69, 9.17) is 11.8 Å². The van der Waals surface area contributed by atoms with Crippen molar-refractivity contribution >= 4 is 22.8 Å². The summed E-state index contributed by atoms with van der Waals surface area (Å²) in [5, 5.41) is 0. The molecular weight excluding hydrogens is 166 g/mol. The largest absolute Gasteiger partial charge is 0.341 e. The van der Waals surface area contributed by atoms with E-state index in [0.717, 1.165) is 4.09 Å². The van der Waals surface area contributed by atoms with Gasteiger partial charge in [-0.1, -0.05) is 0 Å². The molecule has 0 aliphatic carbocycles. The summed E-state index contributed by atoms with van der Waals surface area (Å²) >= 11 is 5.57. The van der Waals surface area contributed by atoms with E-state index in [1.807, 2.05) is 0 Å². The number of nitrogens with one attached hydrogen (secondary N) is 1. The van der Waals surface area contributed by atoms with Gasteiger partial charge in [0.05, 0.1) is 11.7 Å². The number of imidazole rings is 1. The molecule has 4 nitrogen and oxygen atoms in total. The Labute approximate surface area is 66.5 Å². The fourth-order valence-electron chi connectivity index (χ4n) is 0.922. The van der Waals surface area contributed by atoms with Gasteiger partial charge >= 0.3 is 5.69 Å². The second kappa shape index (κ2) is 2.10. The van der Waals surface area contributed by atoms with Gasteiger partial charge in [0, 0.05) is 18.0 Å². The molecule has 2 rings (SSSR count). The van der Waals surface area contributed by atoms with Crippen LogP contribution in [0.3, 0.4) is 0 Å². The molecule has 0 saturated carbocycles. The van der Waals surface area contributed by atoms with Gasteiger partial charge in [-0.3, -0.25) is 4.98 Å². The van der Waals surface area contributed by atoms with Crippen LogP contribution in [-0.2, 0) is 0 Å². The Balaban J connectivity index is 3.04. The van der Waals surface area contributed by atoms with Crippen molar-refractivity contribution in [3.63, 3.8) is 0 Å². The molecule has 0 bridgehead atoms. The van der Waals surface area contributed by atoms with Crippen LogP contribution >= 0.6 is 11.8 Å². The number of rotatable bonds is 0. The molecule has 0 aromatic carbocycles. The maximum absolute atomic E-state index is 10.9. The third-order valence-electron chi connectivity index (χ3n) is 1.43. The Bertz CT molecular complexity index is 444. The molecule has 56 valence electrons. The second-order valence-corrected chi connectivity index (χ2v) is 2.44. The first-order valence-electron chi connectivity index (χ1n) is 3.00. The minimum atomic E-state index is -0.338. The Kier molecular flexibility index (Phi) is 1.22. The van der Waals surface area contributed by atoms with Gasteiger partial charge in [-0.15, -0.1) is 0 Å². The number of nitrogens with zero attached hydrogens (tertiary/aromatic N) is 2. The van der Waals surface area contributed by atoms with Gasteiger partial charge in [-0.25, -0.2) is 4.79 Å². The van der Waals surface area contributed by atoms with Crippen molar-refractivity contribution in [3.8, 4) is 0 Å². The van der Waals surface area contributed by atoms with Gasteiger partial charge in [0.2, 0.25) is 0 Å². The number of hydrogen-bond acceptors (Lipinski definition) is 2. The Morgan fingerprint density at radius 3 is 3.18 bits per heavy atom. The fourth-order valence-corrected chi connectivity index (χ4v) is 1.10. The molecule has 0 spiro atoms. The van der Waals surface area contributed by atoms with Crippen molar-refractivity contribution < 1.29 is 0 Å². The van der Waals surface area contributed by atoms with Crippen LogP contribution in [0.4, 0.5) is 0 Å². The fraction of sp³-hybridized carbons (Fsp3) is 0. The molecule has 0 aliphatic heterocycles. The molecule has 0 fully saturated rings. The summed E-state index contributed by atoms with van der Waals surface area (Å²) in [6.45, 7) is 0. The van der Waals surface area contributed by atoms with E-state index in [0.29, 0.717) is 11.0 Å². The summed E-state index contributed by atoms with van der Waals surface area (Å²) < 4.78 is 1.00. The molecular formula is C6H4ClN3O. The van der Waals surface area contributed by atoms with Crippen molar-refractivity contribution in [2.45, 2.75) is 0 Å². The van der Waals surface area contributed by atoms with E-state index in [-0.39, 0.29) is 5.69 Å². The minimum absolute atomic E-state index is 0.338. The molecule has 2 aromatic heterocycles. The van der Waals surface area contributed by atoms with Crippen LogP contribution in [0.15, 0.2) is 23.3 Å². The Hall–Kier alpha value is -1.29. The molecule has 5 heteroatoms. The van der Waals surface area contributed by atoms with Gasteiger partial charge < -0.3 is 4.98 Å². The van der Waals surface area contributed by atoms with Crippen LogP contribution < -0.4 is 5.69 Å². The highest BCUT2D eigenvalue weighted by Gasteiger charge is 2.01. The number of H-pyrrole nitrogens is 1. The van der Waals surface area contributed by atoms with Crippen molar-refractivity contribution in [1.82, 2.24) is 14.1 Å². The highest BCUT2D eigenvalue weighted by Crippen LogP contribution is 2.06. The summed E-state index contributed by atoms with van der Waals surface area (Å²) in [5.74, 6) is 0. The number of hydrogen-bond donors (Lipinski definition) is 1. The van der Waals surface area contributed by atoms with Crippen molar-refractivity contribution in [2.75, 3.05) is 0 Å². The van der Waals surface area contributed by atoms with Crippen LogP contribution in [0.5, 0.6) is 0 Å². The first-order chi connectivity index (χ1) is 5.29. The smallest absolute Gasteiger partial charge is 0.304 e. The molecule has 2 heterocycles. The molecule has 0 radical (unpaired) electrons. The summed E-state index contributed by atoms with van der Waals surface area (Å²) in [6.07, 6.45) is 3.12. The quantitative estimate of drug-likeness (QED) is 0.632. The SMILES string of the molecule is O=c1[nH]c2ccncc2n1Cl. The van der Waals surface area contributed by atoms with Crippen LogP contribution in [-0.4, -0.2) is 14.1 Å². The predicted molar refractivity (Wildman–Crippen MR) is 41.6 cm³/mol. The van der Waals surface area contributed by atoms with E-state index >= 15 is 0 Å². The summed E-state index contributed by atoms with van der Waals surface area (Å²) in [4.78, 5) is 17.3. The van der Waals surface area contributed by atoms with Crippen LogP contribution in [0, 0.1) is 0 Å². The number of halogens is 1. The highest BCUT2D eigenvalue weighted by atomic mass is 35.5. The molecule has 0 atom stereocenters. The molecule has 0 saturated heterocycles. The van der Waals surface area contributed by atoms with Crippen molar-refractivity contribution in [3.05, 3.63) is 28.9 Å². The van der Waals surface area contributed by atoms with E-state index in [1.165, 1.54) is 6.20 Å². The monoisotopic (exact) mass is 169 g/mol. The number of aromatic amines is 1. The standard InChI is InChI=1S/C6H4ClN3O/c7-10-5-3-8-2-1-4(5)9-6(10)11/h1-3H,(H,9,11). The van der Waals surface area contributed by atoms with Gasteiger partial charge in [-0.2, -0.15) is 4.09 Å². The van der Waals surface area contributed by atoms with Crippen molar-refractivity contribution in [1.29, 1.82) is 0 Å². The zero-order valence-corrected chi connectivity index (χ0v) is 6.17. The average molecular weight is 170 g/mol. The van der Waals surface area contributed by atoms with E-state index < -0.39 is 0 Å². The van der Waals surface area contributed by atoms with E-state index in [1.54, 1.807) is 12.3 Å². The number of pyridine rings is 1. The van der Waals surface area contributed by atoms with Gasteiger partial charge in [0.25, 0.3) is 0 Å². The summed E-state index contributed by atoms with van der Waals surface area (Å²) in [5.41, 5.74) is 0.953. The van der Waals surface area contributed by atoms with Crippen molar-refractivity contribution in [2.24, 2.45) is 0 Å². The zero-order chi connectivity index (χ0) is 7.84. The lowest BCUT2D eigenvalue weighted by atomic mass is 10.4. The van der Waals surface area contributed by atoms with E-state index in [2.05, 4.69) is 9.97 Å². The Morgan fingerprint density at radius 1 is 1.64 bits per heavy atom. The normalized spacial score (nSPS) is 10.6.